The van der Waals surface area contributed by atoms with E-state index in [1.54, 1.807) is 5.32 Å². The van der Waals surface area contributed by atoms with Gasteiger partial charge in [-0.3, -0.25) is 9.59 Å². The van der Waals surface area contributed by atoms with E-state index < -0.39 is 23.8 Å². The highest BCUT2D eigenvalue weighted by Gasteiger charge is 2.39. The Morgan fingerprint density at radius 3 is 2.35 bits per heavy atom. The largest absolute Gasteiger partial charge is 0.471 e. The first-order chi connectivity index (χ1) is 9.24. The van der Waals surface area contributed by atoms with Crippen LogP contribution in [0.3, 0.4) is 0 Å². The smallest absolute Gasteiger partial charge is 0.330 e. The number of anilines is 2. The lowest BCUT2D eigenvalue weighted by Gasteiger charge is -2.13. The van der Waals surface area contributed by atoms with Gasteiger partial charge >= 0.3 is 12.1 Å². The minimum atomic E-state index is -5.09. The van der Waals surface area contributed by atoms with Crippen molar-refractivity contribution in [2.75, 3.05) is 17.2 Å². The molecule has 0 saturated carbocycles. The Hall–Kier alpha value is -2.16. The third-order valence-corrected chi connectivity index (χ3v) is 2.13. The Bertz CT molecular complexity index is 517. The summed E-state index contributed by atoms with van der Waals surface area (Å²) in [7, 11) is 0. The molecule has 0 aliphatic heterocycles. The Kier molecular flexibility index (Phi) is 5.03. The summed E-state index contributed by atoms with van der Waals surface area (Å²) in [5.74, 6) is -3.61. The Morgan fingerprint density at radius 2 is 1.80 bits per heavy atom. The molecule has 4 N–H and O–H groups in total. The lowest BCUT2D eigenvalue weighted by atomic mass is 10.2. The molecule has 0 fully saturated rings. The maximum atomic E-state index is 13.0. The summed E-state index contributed by atoms with van der Waals surface area (Å²) in [6, 6.07) is 2.56. The van der Waals surface area contributed by atoms with Gasteiger partial charge in [-0.25, -0.2) is 4.39 Å². The molecule has 0 aromatic heterocycles. The van der Waals surface area contributed by atoms with E-state index in [0.29, 0.717) is 0 Å². The molecule has 2 amide bonds. The Labute approximate surface area is 111 Å². The van der Waals surface area contributed by atoms with Crippen molar-refractivity contribution in [2.24, 2.45) is 5.73 Å². The molecule has 0 atom stereocenters. The van der Waals surface area contributed by atoms with Crippen molar-refractivity contribution in [3.05, 3.63) is 24.0 Å². The molecule has 0 aliphatic carbocycles. The zero-order valence-corrected chi connectivity index (χ0v) is 10.1. The first kappa shape index (κ1) is 15.9. The highest BCUT2D eigenvalue weighted by molar-refractivity contribution is 6.01. The molecule has 0 aliphatic rings. The van der Waals surface area contributed by atoms with Crippen LogP contribution in [-0.2, 0) is 9.59 Å². The molecule has 0 heterocycles. The Balaban J connectivity index is 2.96. The van der Waals surface area contributed by atoms with Crippen molar-refractivity contribution in [2.45, 2.75) is 12.6 Å². The van der Waals surface area contributed by atoms with Gasteiger partial charge in [0.05, 0.1) is 11.4 Å². The van der Waals surface area contributed by atoms with Gasteiger partial charge in [0, 0.05) is 13.0 Å². The predicted molar refractivity (Wildman–Crippen MR) is 63.4 cm³/mol. The first-order valence-corrected chi connectivity index (χ1v) is 5.41. The first-order valence-electron chi connectivity index (χ1n) is 5.41. The number of halogens is 4. The van der Waals surface area contributed by atoms with Gasteiger partial charge in [-0.2, -0.15) is 13.2 Å². The van der Waals surface area contributed by atoms with Crippen molar-refractivity contribution >= 4 is 23.2 Å². The molecule has 0 unspecified atom stereocenters. The van der Waals surface area contributed by atoms with Crippen LogP contribution in [0.25, 0.3) is 0 Å². The van der Waals surface area contributed by atoms with Gasteiger partial charge in [0.15, 0.2) is 0 Å². The highest BCUT2D eigenvalue weighted by atomic mass is 19.4. The van der Waals surface area contributed by atoms with Gasteiger partial charge < -0.3 is 16.4 Å². The molecule has 1 aromatic rings. The summed E-state index contributed by atoms with van der Waals surface area (Å²) >= 11 is 0. The van der Waals surface area contributed by atoms with Crippen LogP contribution < -0.4 is 16.4 Å². The van der Waals surface area contributed by atoms with Crippen LogP contribution in [0.15, 0.2) is 18.2 Å². The number of amides is 2. The average molecular weight is 293 g/mol. The van der Waals surface area contributed by atoms with Crippen molar-refractivity contribution in [1.29, 1.82) is 0 Å². The number of nitrogens with two attached hydrogens (primary N) is 1. The minimum absolute atomic E-state index is 0.0192. The summed E-state index contributed by atoms with van der Waals surface area (Å²) in [6.07, 6.45) is -5.18. The van der Waals surface area contributed by atoms with Crippen molar-refractivity contribution < 1.29 is 27.2 Å². The molecular weight excluding hydrogens is 282 g/mol. The Morgan fingerprint density at radius 1 is 1.15 bits per heavy atom. The molecule has 1 aromatic carbocycles. The zero-order chi connectivity index (χ0) is 15.3. The second-order valence-corrected chi connectivity index (χ2v) is 3.73. The van der Waals surface area contributed by atoms with Crippen molar-refractivity contribution in [1.82, 2.24) is 0 Å². The SMILES string of the molecule is NCCC(=O)Nc1cc(F)ccc1NC(=O)C(F)(F)F. The van der Waals surface area contributed by atoms with Gasteiger partial charge in [-0.15, -0.1) is 0 Å². The maximum Gasteiger partial charge on any atom is 0.471 e. The van der Waals surface area contributed by atoms with Gasteiger partial charge in [-0.05, 0) is 18.2 Å². The lowest BCUT2D eigenvalue weighted by molar-refractivity contribution is -0.167. The molecule has 0 saturated heterocycles. The van der Waals surface area contributed by atoms with Crippen LogP contribution in [0.4, 0.5) is 28.9 Å². The third kappa shape index (κ3) is 4.50. The number of rotatable bonds is 4. The lowest BCUT2D eigenvalue weighted by Crippen LogP contribution is -2.30. The van der Waals surface area contributed by atoms with Crippen LogP contribution in [0.2, 0.25) is 0 Å². The number of carbonyl (C=O) groups excluding carboxylic acids is 2. The van der Waals surface area contributed by atoms with Crippen LogP contribution in [0, 0.1) is 5.82 Å². The van der Waals surface area contributed by atoms with E-state index in [4.69, 9.17) is 5.73 Å². The summed E-state index contributed by atoms with van der Waals surface area (Å²) in [4.78, 5) is 22.1. The van der Waals surface area contributed by atoms with Crippen molar-refractivity contribution in [3.63, 3.8) is 0 Å². The number of nitrogens with one attached hydrogen (secondary N) is 2. The monoisotopic (exact) mass is 293 g/mol. The van der Waals surface area contributed by atoms with Crippen LogP contribution in [0.5, 0.6) is 0 Å². The topological polar surface area (TPSA) is 84.2 Å². The standard InChI is InChI=1S/C11H11F4N3O2/c12-6-1-2-7(18-10(20)11(13,14)15)8(5-6)17-9(19)3-4-16/h1-2,5H,3-4,16H2,(H,17,19)(H,18,20). The van der Waals surface area contributed by atoms with Gasteiger partial charge in [0.2, 0.25) is 5.91 Å². The summed E-state index contributed by atoms with van der Waals surface area (Å²) in [5.41, 5.74) is 4.50. The van der Waals surface area contributed by atoms with E-state index in [9.17, 15) is 27.2 Å². The normalized spacial score (nSPS) is 11.1. The fourth-order valence-electron chi connectivity index (χ4n) is 1.27. The van der Waals surface area contributed by atoms with E-state index in [-0.39, 0.29) is 24.3 Å². The molecule has 1 rings (SSSR count). The second-order valence-electron chi connectivity index (χ2n) is 3.73. The van der Waals surface area contributed by atoms with Crippen LogP contribution in [-0.4, -0.2) is 24.5 Å². The van der Waals surface area contributed by atoms with Crippen LogP contribution in [0.1, 0.15) is 6.42 Å². The number of hydrogen-bond donors (Lipinski definition) is 3. The minimum Gasteiger partial charge on any atom is -0.330 e. The average Bonchev–Trinajstić information content (AvgIpc) is 2.31. The maximum absolute atomic E-state index is 13.0. The molecule has 110 valence electrons. The number of hydrogen-bond acceptors (Lipinski definition) is 3. The fourth-order valence-corrected chi connectivity index (χ4v) is 1.27. The van der Waals surface area contributed by atoms with Crippen LogP contribution >= 0.6 is 0 Å². The van der Waals surface area contributed by atoms with Gasteiger partial charge in [-0.1, -0.05) is 0 Å². The van der Waals surface area contributed by atoms with Gasteiger partial charge in [0.1, 0.15) is 5.82 Å². The fraction of sp³-hybridized carbons (Fsp3) is 0.273. The molecule has 9 heteroatoms. The number of carbonyl (C=O) groups is 2. The van der Waals surface area contributed by atoms with E-state index >= 15 is 0 Å². The molecule has 5 nitrogen and oxygen atoms in total. The number of alkyl halides is 3. The third-order valence-electron chi connectivity index (χ3n) is 2.13. The molecule has 0 spiro atoms. The van der Waals surface area contributed by atoms with E-state index in [1.165, 1.54) is 0 Å². The highest BCUT2D eigenvalue weighted by Crippen LogP contribution is 2.25. The van der Waals surface area contributed by atoms with E-state index in [0.717, 1.165) is 18.2 Å². The molecule has 0 bridgehead atoms. The van der Waals surface area contributed by atoms with E-state index in [2.05, 4.69) is 5.32 Å². The van der Waals surface area contributed by atoms with Crippen molar-refractivity contribution in [3.8, 4) is 0 Å². The quantitative estimate of drug-likeness (QED) is 0.737. The molecule has 0 radical (unpaired) electrons. The van der Waals surface area contributed by atoms with Gasteiger partial charge in [0.25, 0.3) is 0 Å². The second kappa shape index (κ2) is 6.33. The molecular formula is C11H11F4N3O2. The zero-order valence-electron chi connectivity index (χ0n) is 10.1. The summed E-state index contributed by atoms with van der Waals surface area (Å²) < 4.78 is 49.5. The number of benzene rings is 1. The van der Waals surface area contributed by atoms with E-state index in [1.807, 2.05) is 0 Å². The molecule has 20 heavy (non-hydrogen) atoms. The predicted octanol–water partition coefficient (Wildman–Crippen LogP) is 1.61. The summed E-state index contributed by atoms with van der Waals surface area (Å²) in [5, 5.41) is 3.72. The summed E-state index contributed by atoms with van der Waals surface area (Å²) in [6.45, 7) is 0.0192.